The molecule has 8 heteroatoms. The van der Waals surface area contributed by atoms with Gasteiger partial charge in [0, 0.05) is 7.05 Å². The Balaban J connectivity index is 1.87. The van der Waals surface area contributed by atoms with Gasteiger partial charge in [0.05, 0.1) is 11.6 Å². The molecule has 0 aliphatic carbocycles. The van der Waals surface area contributed by atoms with E-state index in [4.69, 9.17) is 21.1 Å². The quantitative estimate of drug-likeness (QED) is 0.694. The summed E-state index contributed by atoms with van der Waals surface area (Å²) in [6, 6.07) is 8.79. The number of rotatable bonds is 6. The summed E-state index contributed by atoms with van der Waals surface area (Å²) in [4.78, 5) is 13.5. The van der Waals surface area contributed by atoms with Crippen LogP contribution in [0, 0.1) is 0 Å². The maximum atomic E-state index is 11.9. The Bertz CT molecular complexity index is 682. The van der Waals surface area contributed by atoms with E-state index >= 15 is 0 Å². The minimum atomic E-state index is -0.365. The van der Waals surface area contributed by atoms with Crippen LogP contribution in [0.15, 0.2) is 34.8 Å². The molecule has 0 saturated heterocycles. The van der Waals surface area contributed by atoms with Crippen LogP contribution in [0.4, 0.5) is 5.82 Å². The Morgan fingerprint density at radius 1 is 1.30 bits per heavy atom. The summed E-state index contributed by atoms with van der Waals surface area (Å²) in [5.41, 5.74) is 0.861. The largest absolute Gasteiger partial charge is 0.496 e. The molecule has 0 bridgehead atoms. The van der Waals surface area contributed by atoms with Crippen LogP contribution in [-0.2, 0) is 16.1 Å². The second kappa shape index (κ2) is 8.12. The molecule has 2 aromatic rings. The number of esters is 1. The second-order valence-corrected chi connectivity index (χ2v) is 5.94. The molecule has 0 atom stereocenters. The SMILES string of the molecule is COc1ccc(COC(=O)CN(C)c2ccc(Cl)nn2)cc1Br. The van der Waals surface area contributed by atoms with Crippen LogP contribution < -0.4 is 9.64 Å². The van der Waals surface area contributed by atoms with E-state index in [1.807, 2.05) is 18.2 Å². The molecule has 23 heavy (non-hydrogen) atoms. The van der Waals surface area contributed by atoms with Crippen LogP contribution in [0.5, 0.6) is 5.75 Å². The molecule has 0 saturated carbocycles. The number of benzene rings is 1. The van der Waals surface area contributed by atoms with Crippen molar-refractivity contribution in [3.8, 4) is 5.75 Å². The van der Waals surface area contributed by atoms with Gasteiger partial charge in [-0.3, -0.25) is 4.79 Å². The van der Waals surface area contributed by atoms with Crippen LogP contribution in [0.1, 0.15) is 5.56 Å². The Hall–Kier alpha value is -1.86. The maximum Gasteiger partial charge on any atom is 0.325 e. The number of ether oxygens (including phenoxy) is 2. The number of nitrogens with zero attached hydrogens (tertiary/aromatic N) is 3. The molecule has 0 aliphatic rings. The van der Waals surface area contributed by atoms with Crippen LogP contribution in [0.2, 0.25) is 5.15 Å². The smallest absolute Gasteiger partial charge is 0.325 e. The highest BCUT2D eigenvalue weighted by Crippen LogP contribution is 2.25. The maximum absolute atomic E-state index is 11.9. The topological polar surface area (TPSA) is 64.6 Å². The minimum Gasteiger partial charge on any atom is -0.496 e. The van der Waals surface area contributed by atoms with Crippen molar-refractivity contribution in [3.63, 3.8) is 0 Å². The van der Waals surface area contributed by atoms with Gasteiger partial charge < -0.3 is 14.4 Å². The van der Waals surface area contributed by atoms with Crippen LogP contribution in [-0.4, -0.2) is 36.9 Å². The van der Waals surface area contributed by atoms with Gasteiger partial charge in [-0.15, -0.1) is 10.2 Å². The van der Waals surface area contributed by atoms with Crippen molar-refractivity contribution in [1.82, 2.24) is 10.2 Å². The van der Waals surface area contributed by atoms with Gasteiger partial charge in [0.2, 0.25) is 0 Å². The van der Waals surface area contributed by atoms with Crippen molar-refractivity contribution < 1.29 is 14.3 Å². The second-order valence-electron chi connectivity index (χ2n) is 4.70. The highest BCUT2D eigenvalue weighted by atomic mass is 79.9. The number of hydrogen-bond acceptors (Lipinski definition) is 6. The summed E-state index contributed by atoms with van der Waals surface area (Å²) < 4.78 is 11.2. The zero-order valence-electron chi connectivity index (χ0n) is 12.6. The lowest BCUT2D eigenvalue weighted by Gasteiger charge is -2.16. The van der Waals surface area contributed by atoms with Crippen LogP contribution in [0.25, 0.3) is 0 Å². The summed E-state index contributed by atoms with van der Waals surface area (Å²) in [5.74, 6) is 0.899. The van der Waals surface area contributed by atoms with Crippen molar-refractivity contribution >= 4 is 39.3 Å². The molecule has 6 nitrogen and oxygen atoms in total. The summed E-state index contributed by atoms with van der Waals surface area (Å²) >= 11 is 9.07. The number of methoxy groups -OCH3 is 1. The van der Waals surface area contributed by atoms with Gasteiger partial charge in [0.25, 0.3) is 0 Å². The first-order valence-electron chi connectivity index (χ1n) is 6.68. The van der Waals surface area contributed by atoms with Crippen molar-refractivity contribution in [2.75, 3.05) is 25.6 Å². The lowest BCUT2D eigenvalue weighted by Crippen LogP contribution is -2.27. The van der Waals surface area contributed by atoms with E-state index in [1.54, 1.807) is 31.2 Å². The molecule has 2 rings (SSSR count). The van der Waals surface area contributed by atoms with Crippen molar-refractivity contribution in [2.45, 2.75) is 6.61 Å². The van der Waals surface area contributed by atoms with Gasteiger partial charge in [-0.05, 0) is 45.8 Å². The molecule has 0 amide bonds. The van der Waals surface area contributed by atoms with Crippen LogP contribution in [0.3, 0.4) is 0 Å². The minimum absolute atomic E-state index is 0.0631. The Morgan fingerprint density at radius 2 is 2.09 bits per heavy atom. The number of carbonyl (C=O) groups is 1. The summed E-state index contributed by atoms with van der Waals surface area (Å²) in [7, 11) is 3.32. The first kappa shape index (κ1) is 17.5. The molecular formula is C15H15BrClN3O3. The van der Waals surface area contributed by atoms with Crippen molar-refractivity contribution in [2.24, 2.45) is 0 Å². The molecule has 0 fully saturated rings. The third-order valence-electron chi connectivity index (χ3n) is 2.99. The van der Waals surface area contributed by atoms with E-state index < -0.39 is 0 Å². The standard InChI is InChI=1S/C15H15BrClN3O3/c1-20(14-6-5-13(17)18-19-14)8-15(21)23-9-10-3-4-12(22-2)11(16)7-10/h3-7H,8-9H2,1-2H3. The predicted molar refractivity (Wildman–Crippen MR) is 90.8 cm³/mol. The molecule has 0 aliphatic heterocycles. The van der Waals surface area contributed by atoms with E-state index in [1.165, 1.54) is 0 Å². The van der Waals surface area contributed by atoms with E-state index in [0.717, 1.165) is 15.8 Å². The third-order valence-corrected chi connectivity index (χ3v) is 3.81. The fraction of sp³-hybridized carbons (Fsp3) is 0.267. The molecular weight excluding hydrogens is 386 g/mol. The summed E-state index contributed by atoms with van der Waals surface area (Å²) in [5, 5.41) is 7.93. The monoisotopic (exact) mass is 399 g/mol. The Morgan fingerprint density at radius 3 is 2.70 bits per heavy atom. The molecule has 0 spiro atoms. The summed E-state index contributed by atoms with van der Waals surface area (Å²) in [6.45, 7) is 0.245. The number of carbonyl (C=O) groups excluding carboxylic acids is 1. The van der Waals surface area contributed by atoms with E-state index in [-0.39, 0.29) is 19.1 Å². The van der Waals surface area contributed by atoms with Crippen LogP contribution >= 0.6 is 27.5 Å². The fourth-order valence-electron chi connectivity index (χ4n) is 1.80. The lowest BCUT2D eigenvalue weighted by molar-refractivity contribution is -0.143. The number of anilines is 1. The van der Waals surface area contributed by atoms with Crippen molar-refractivity contribution in [1.29, 1.82) is 0 Å². The molecule has 0 N–H and O–H groups in total. The first-order valence-corrected chi connectivity index (χ1v) is 7.85. The first-order chi connectivity index (χ1) is 11.0. The van der Waals surface area contributed by atoms with Gasteiger partial charge in [-0.2, -0.15) is 0 Å². The van der Waals surface area contributed by atoms with Crippen molar-refractivity contribution in [3.05, 3.63) is 45.5 Å². The molecule has 1 heterocycles. The lowest BCUT2D eigenvalue weighted by atomic mass is 10.2. The van der Waals surface area contributed by atoms with E-state index in [0.29, 0.717) is 11.0 Å². The zero-order valence-corrected chi connectivity index (χ0v) is 15.0. The van der Waals surface area contributed by atoms with Gasteiger partial charge in [-0.25, -0.2) is 0 Å². The Labute approximate surface area is 147 Å². The van der Waals surface area contributed by atoms with E-state index in [2.05, 4.69) is 26.1 Å². The Kier molecular flexibility index (Phi) is 6.18. The summed E-state index contributed by atoms with van der Waals surface area (Å²) in [6.07, 6.45) is 0. The highest BCUT2D eigenvalue weighted by molar-refractivity contribution is 9.10. The van der Waals surface area contributed by atoms with Gasteiger partial charge >= 0.3 is 5.97 Å². The zero-order chi connectivity index (χ0) is 16.8. The molecule has 1 aromatic carbocycles. The molecule has 0 unspecified atom stereocenters. The third kappa shape index (κ3) is 5.07. The molecule has 0 radical (unpaired) electrons. The normalized spacial score (nSPS) is 10.3. The molecule has 1 aromatic heterocycles. The number of likely N-dealkylation sites (N-methyl/N-ethyl adjacent to an activating group) is 1. The average molecular weight is 401 g/mol. The van der Waals surface area contributed by atoms with E-state index in [9.17, 15) is 4.79 Å². The number of halogens is 2. The number of hydrogen-bond donors (Lipinski definition) is 0. The van der Waals surface area contributed by atoms with Gasteiger partial charge in [0.1, 0.15) is 18.9 Å². The predicted octanol–water partition coefficient (Wildman–Crippen LogP) is 3.08. The average Bonchev–Trinajstić information content (AvgIpc) is 2.53. The molecule has 122 valence electrons. The van der Waals surface area contributed by atoms with Gasteiger partial charge in [0.15, 0.2) is 11.0 Å². The number of aromatic nitrogens is 2. The fourth-order valence-corrected chi connectivity index (χ4v) is 2.49. The highest BCUT2D eigenvalue weighted by Gasteiger charge is 2.11. The van der Waals surface area contributed by atoms with Gasteiger partial charge in [-0.1, -0.05) is 17.7 Å².